The fourth-order valence-corrected chi connectivity index (χ4v) is 3.94. The zero-order valence-corrected chi connectivity index (χ0v) is 21.2. The topological polar surface area (TPSA) is 133 Å². The molecule has 2 amide bonds. The Hall–Kier alpha value is -2.12. The molecule has 198 valence electrons. The Morgan fingerprint density at radius 2 is 1.06 bits per heavy atom. The fourth-order valence-electron chi connectivity index (χ4n) is 3.94. The van der Waals surface area contributed by atoms with E-state index in [0.29, 0.717) is 38.6 Å². The van der Waals surface area contributed by atoms with Crippen molar-refractivity contribution in [3.63, 3.8) is 0 Å². The van der Waals surface area contributed by atoms with Crippen LogP contribution in [0.15, 0.2) is 0 Å². The zero-order valence-electron chi connectivity index (χ0n) is 21.2. The number of amides is 2. The Balaban J connectivity index is 3.50. The van der Waals surface area contributed by atoms with Gasteiger partial charge >= 0.3 is 11.9 Å². The molecule has 1 unspecified atom stereocenters. The minimum Gasteiger partial charge on any atom is -0.481 e. The highest BCUT2D eigenvalue weighted by Crippen LogP contribution is 2.14. The summed E-state index contributed by atoms with van der Waals surface area (Å²) >= 11 is 0. The first-order chi connectivity index (χ1) is 16.3. The SMILES string of the molecule is CC(=O)NCCCCC(NC(=O)CCCCCCCCCCCCCCCCC(=O)O)C(=O)O. The van der Waals surface area contributed by atoms with Gasteiger partial charge in [-0.15, -0.1) is 0 Å². The number of carbonyl (C=O) groups is 4. The summed E-state index contributed by atoms with van der Waals surface area (Å²) in [6.45, 7) is 1.97. The van der Waals surface area contributed by atoms with Crippen LogP contribution in [0.2, 0.25) is 0 Å². The van der Waals surface area contributed by atoms with Gasteiger partial charge in [-0.1, -0.05) is 77.0 Å². The molecule has 8 heteroatoms. The van der Waals surface area contributed by atoms with E-state index < -0.39 is 18.0 Å². The zero-order chi connectivity index (χ0) is 25.4. The lowest BCUT2D eigenvalue weighted by molar-refractivity contribution is -0.142. The summed E-state index contributed by atoms with van der Waals surface area (Å²) in [6.07, 6.45) is 18.1. The Bertz CT molecular complexity index is 567. The molecule has 0 bridgehead atoms. The van der Waals surface area contributed by atoms with Crippen LogP contribution in [0.1, 0.15) is 129 Å². The molecular weight excluding hydrogens is 436 g/mol. The summed E-state index contributed by atoms with van der Waals surface area (Å²) < 4.78 is 0. The third-order valence-electron chi connectivity index (χ3n) is 5.97. The lowest BCUT2D eigenvalue weighted by Crippen LogP contribution is -2.40. The predicted molar refractivity (Wildman–Crippen MR) is 134 cm³/mol. The Morgan fingerprint density at radius 3 is 1.47 bits per heavy atom. The number of carbonyl (C=O) groups excluding carboxylic acids is 2. The van der Waals surface area contributed by atoms with Crippen molar-refractivity contribution in [1.29, 1.82) is 0 Å². The van der Waals surface area contributed by atoms with Crippen molar-refractivity contribution in [3.8, 4) is 0 Å². The Morgan fingerprint density at radius 1 is 0.618 bits per heavy atom. The molecular formula is C26H48N2O6. The van der Waals surface area contributed by atoms with Crippen LogP contribution in [0, 0.1) is 0 Å². The van der Waals surface area contributed by atoms with Crippen molar-refractivity contribution in [2.24, 2.45) is 0 Å². The van der Waals surface area contributed by atoms with E-state index in [2.05, 4.69) is 10.6 Å². The minimum atomic E-state index is -1.01. The van der Waals surface area contributed by atoms with Gasteiger partial charge < -0.3 is 20.8 Å². The van der Waals surface area contributed by atoms with E-state index in [4.69, 9.17) is 5.11 Å². The van der Waals surface area contributed by atoms with Gasteiger partial charge in [0, 0.05) is 26.3 Å². The molecule has 0 heterocycles. The minimum absolute atomic E-state index is 0.0993. The van der Waals surface area contributed by atoms with Crippen LogP contribution in [0.4, 0.5) is 0 Å². The fraction of sp³-hybridized carbons (Fsp3) is 0.846. The van der Waals surface area contributed by atoms with Crippen LogP contribution in [0.3, 0.4) is 0 Å². The van der Waals surface area contributed by atoms with Gasteiger partial charge in [0.25, 0.3) is 0 Å². The number of rotatable bonds is 24. The monoisotopic (exact) mass is 484 g/mol. The van der Waals surface area contributed by atoms with E-state index in [0.717, 1.165) is 38.5 Å². The van der Waals surface area contributed by atoms with E-state index in [1.807, 2.05) is 0 Å². The molecule has 0 saturated carbocycles. The van der Waals surface area contributed by atoms with Gasteiger partial charge in [0.2, 0.25) is 11.8 Å². The van der Waals surface area contributed by atoms with Gasteiger partial charge in [-0.3, -0.25) is 14.4 Å². The van der Waals surface area contributed by atoms with E-state index in [9.17, 15) is 24.3 Å². The molecule has 1 atom stereocenters. The largest absolute Gasteiger partial charge is 0.481 e. The Labute approximate surface area is 205 Å². The van der Waals surface area contributed by atoms with E-state index >= 15 is 0 Å². The lowest BCUT2D eigenvalue weighted by Gasteiger charge is -2.14. The summed E-state index contributed by atoms with van der Waals surface area (Å²) in [4.78, 5) is 44.6. The predicted octanol–water partition coefficient (Wildman–Crippen LogP) is 5.19. The number of nitrogens with one attached hydrogen (secondary N) is 2. The third-order valence-corrected chi connectivity index (χ3v) is 5.97. The number of carboxylic acids is 2. The number of carboxylic acid groups (broad SMARTS) is 2. The summed E-state index contributed by atoms with van der Waals surface area (Å²) in [5.41, 5.74) is 0. The molecule has 0 spiro atoms. The maximum Gasteiger partial charge on any atom is 0.326 e. The van der Waals surface area contributed by atoms with Crippen LogP contribution in [0.5, 0.6) is 0 Å². The second kappa shape index (κ2) is 22.7. The molecule has 0 fully saturated rings. The highest BCUT2D eigenvalue weighted by Gasteiger charge is 2.19. The second-order valence-electron chi connectivity index (χ2n) is 9.28. The van der Waals surface area contributed by atoms with Crippen molar-refractivity contribution in [1.82, 2.24) is 10.6 Å². The smallest absolute Gasteiger partial charge is 0.326 e. The quantitative estimate of drug-likeness (QED) is 0.139. The Kier molecular flexibility index (Phi) is 21.2. The van der Waals surface area contributed by atoms with Gasteiger partial charge in [0.1, 0.15) is 6.04 Å². The maximum atomic E-state index is 12.0. The lowest BCUT2D eigenvalue weighted by atomic mass is 10.0. The summed E-state index contributed by atoms with van der Waals surface area (Å²) in [6, 6.07) is -0.859. The van der Waals surface area contributed by atoms with Gasteiger partial charge in [0.15, 0.2) is 0 Å². The molecule has 0 aromatic heterocycles. The number of unbranched alkanes of at least 4 members (excludes halogenated alkanes) is 14. The first-order valence-corrected chi connectivity index (χ1v) is 13.3. The highest BCUT2D eigenvalue weighted by molar-refractivity contribution is 5.83. The maximum absolute atomic E-state index is 12.0. The number of aliphatic carboxylic acids is 2. The molecule has 4 N–H and O–H groups in total. The first kappa shape index (κ1) is 31.9. The van der Waals surface area contributed by atoms with Crippen molar-refractivity contribution in [3.05, 3.63) is 0 Å². The van der Waals surface area contributed by atoms with Crippen molar-refractivity contribution in [2.75, 3.05) is 6.54 Å². The van der Waals surface area contributed by atoms with Crippen LogP contribution in [-0.2, 0) is 19.2 Å². The van der Waals surface area contributed by atoms with Crippen LogP contribution < -0.4 is 10.6 Å². The molecule has 0 aliphatic heterocycles. The summed E-state index contributed by atoms with van der Waals surface area (Å²) in [5, 5.41) is 23.2. The molecule has 8 nitrogen and oxygen atoms in total. The normalized spacial score (nSPS) is 11.7. The van der Waals surface area contributed by atoms with Crippen molar-refractivity contribution >= 4 is 23.8 Å². The van der Waals surface area contributed by atoms with Crippen LogP contribution in [-0.4, -0.2) is 46.6 Å². The molecule has 0 aliphatic rings. The highest BCUT2D eigenvalue weighted by atomic mass is 16.4. The molecule has 0 radical (unpaired) electrons. The second-order valence-corrected chi connectivity index (χ2v) is 9.28. The summed E-state index contributed by atoms with van der Waals surface area (Å²) in [7, 11) is 0. The average molecular weight is 485 g/mol. The van der Waals surface area contributed by atoms with Crippen LogP contribution >= 0.6 is 0 Å². The standard InChI is InChI=1S/C26H48N2O6/c1-22(29)27-21-17-16-18-23(26(33)34)28-24(30)19-14-12-10-8-6-4-2-3-5-7-9-11-13-15-20-25(31)32/h23H,2-21H2,1H3,(H,27,29)(H,28,30)(H,31,32)(H,33,34). The van der Waals surface area contributed by atoms with Gasteiger partial charge in [-0.05, 0) is 32.1 Å². The third kappa shape index (κ3) is 23.1. The first-order valence-electron chi connectivity index (χ1n) is 13.3. The van der Waals surface area contributed by atoms with Crippen molar-refractivity contribution in [2.45, 2.75) is 135 Å². The van der Waals surface area contributed by atoms with Gasteiger partial charge in [0.05, 0.1) is 0 Å². The van der Waals surface area contributed by atoms with Gasteiger partial charge in [-0.25, -0.2) is 4.79 Å². The molecule has 0 rings (SSSR count). The van der Waals surface area contributed by atoms with E-state index in [1.54, 1.807) is 0 Å². The molecule has 34 heavy (non-hydrogen) atoms. The van der Waals surface area contributed by atoms with E-state index in [-0.39, 0.29) is 11.8 Å². The molecule has 0 saturated heterocycles. The average Bonchev–Trinajstić information content (AvgIpc) is 2.77. The van der Waals surface area contributed by atoms with Gasteiger partial charge in [-0.2, -0.15) is 0 Å². The summed E-state index contributed by atoms with van der Waals surface area (Å²) in [5.74, 6) is -2.00. The molecule has 0 aromatic rings. The number of hydrogen-bond donors (Lipinski definition) is 4. The molecule has 0 aliphatic carbocycles. The molecule has 0 aromatic carbocycles. The van der Waals surface area contributed by atoms with Crippen LogP contribution in [0.25, 0.3) is 0 Å². The van der Waals surface area contributed by atoms with Crippen molar-refractivity contribution < 1.29 is 29.4 Å². The van der Waals surface area contributed by atoms with E-state index in [1.165, 1.54) is 58.3 Å². The number of hydrogen-bond acceptors (Lipinski definition) is 4.